The number of esters is 2. The average Bonchev–Trinajstić information content (AvgIpc) is 2.89. The number of fused-ring (bicyclic) bond motifs is 1. The Bertz CT molecular complexity index is 1100. The Morgan fingerprint density at radius 2 is 1.41 bits per heavy atom. The van der Waals surface area contributed by atoms with Crippen LogP contribution in [0.3, 0.4) is 0 Å². The second-order valence-corrected chi connectivity index (χ2v) is 10.2. The lowest BCUT2D eigenvalue weighted by Gasteiger charge is -2.31. The quantitative estimate of drug-likeness (QED) is 0.130. The van der Waals surface area contributed by atoms with E-state index in [-0.39, 0.29) is 48.0 Å². The lowest BCUT2D eigenvalue weighted by atomic mass is 9.94. The molecule has 8 nitrogen and oxygen atoms in total. The molecule has 0 radical (unpaired) electrons. The molecule has 0 spiro atoms. The Balaban J connectivity index is 1.76. The first-order valence-corrected chi connectivity index (χ1v) is 14.3. The van der Waals surface area contributed by atoms with Crippen LogP contribution in [0.2, 0.25) is 0 Å². The molecule has 0 aliphatic carbocycles. The van der Waals surface area contributed by atoms with E-state index < -0.39 is 24.1 Å². The van der Waals surface area contributed by atoms with Crippen LogP contribution in [0.4, 0.5) is 0 Å². The number of rotatable bonds is 15. The van der Waals surface area contributed by atoms with Crippen LogP contribution in [0.25, 0.3) is 0 Å². The number of aliphatic hydroxyl groups is 1. The average molecular weight is 543 g/mol. The molecule has 8 heteroatoms. The maximum Gasteiger partial charge on any atom is 0.311 e. The zero-order valence-corrected chi connectivity index (χ0v) is 23.1. The molecular formula is C31H42O8. The van der Waals surface area contributed by atoms with Gasteiger partial charge in [0.1, 0.15) is 23.4 Å². The van der Waals surface area contributed by atoms with Gasteiger partial charge in [0.2, 0.25) is 0 Å². The molecule has 2 unspecified atom stereocenters. The van der Waals surface area contributed by atoms with Crippen LogP contribution in [0.1, 0.15) is 108 Å². The van der Waals surface area contributed by atoms with Crippen LogP contribution in [-0.2, 0) is 16.0 Å². The van der Waals surface area contributed by atoms with Crippen molar-refractivity contribution in [3.63, 3.8) is 0 Å². The molecule has 39 heavy (non-hydrogen) atoms. The summed E-state index contributed by atoms with van der Waals surface area (Å²) in [7, 11) is 0. The minimum absolute atomic E-state index is 0.0887. The topological polar surface area (TPSA) is 123 Å². The van der Waals surface area contributed by atoms with Gasteiger partial charge in [-0.1, -0.05) is 71.3 Å². The van der Waals surface area contributed by atoms with E-state index in [0.717, 1.165) is 57.8 Å². The molecule has 0 aromatic heterocycles. The summed E-state index contributed by atoms with van der Waals surface area (Å²) >= 11 is 0. The lowest BCUT2D eigenvalue weighted by Crippen LogP contribution is -2.30. The van der Waals surface area contributed by atoms with Gasteiger partial charge in [0.25, 0.3) is 0 Å². The van der Waals surface area contributed by atoms with Crippen molar-refractivity contribution in [2.24, 2.45) is 0 Å². The number of aliphatic hydroxyl groups excluding tert-OH is 1. The smallest absolute Gasteiger partial charge is 0.311 e. The van der Waals surface area contributed by atoms with E-state index in [2.05, 4.69) is 13.8 Å². The Morgan fingerprint density at radius 1 is 0.821 bits per heavy atom. The Kier molecular flexibility index (Phi) is 11.9. The van der Waals surface area contributed by atoms with Crippen molar-refractivity contribution in [1.82, 2.24) is 0 Å². The third-order valence-corrected chi connectivity index (χ3v) is 6.90. The number of aromatic hydroxyl groups is 2. The van der Waals surface area contributed by atoms with Crippen molar-refractivity contribution >= 4 is 11.9 Å². The second kappa shape index (κ2) is 15.4. The van der Waals surface area contributed by atoms with Gasteiger partial charge in [-0.3, -0.25) is 9.59 Å². The number of ether oxygens (including phenoxy) is 3. The van der Waals surface area contributed by atoms with E-state index >= 15 is 0 Å². The molecule has 0 fully saturated rings. The number of benzene rings is 2. The zero-order chi connectivity index (χ0) is 28.2. The van der Waals surface area contributed by atoms with E-state index in [9.17, 15) is 24.9 Å². The molecule has 2 aromatic carbocycles. The van der Waals surface area contributed by atoms with E-state index in [1.54, 1.807) is 18.2 Å². The fraction of sp³-hybridized carbons (Fsp3) is 0.548. The van der Waals surface area contributed by atoms with E-state index in [1.165, 1.54) is 12.1 Å². The number of unbranched alkanes of at least 4 members (excludes halogenated alkanes) is 8. The van der Waals surface area contributed by atoms with Gasteiger partial charge in [-0.15, -0.1) is 0 Å². The summed E-state index contributed by atoms with van der Waals surface area (Å²) in [6.07, 6.45) is 8.70. The van der Waals surface area contributed by atoms with Crippen LogP contribution >= 0.6 is 0 Å². The van der Waals surface area contributed by atoms with Gasteiger partial charge in [-0.2, -0.15) is 0 Å². The number of hydrogen-bond donors (Lipinski definition) is 3. The summed E-state index contributed by atoms with van der Waals surface area (Å²) in [5, 5.41) is 30.8. The summed E-state index contributed by atoms with van der Waals surface area (Å²) in [5.74, 6) is -0.661. The molecule has 0 saturated carbocycles. The predicted octanol–water partition coefficient (Wildman–Crippen LogP) is 6.67. The van der Waals surface area contributed by atoms with Gasteiger partial charge in [-0.25, -0.2) is 0 Å². The number of hydrogen-bond acceptors (Lipinski definition) is 8. The first-order chi connectivity index (χ1) is 18.8. The summed E-state index contributed by atoms with van der Waals surface area (Å²) < 4.78 is 17.2. The molecule has 214 valence electrons. The van der Waals surface area contributed by atoms with Gasteiger partial charge in [0.15, 0.2) is 11.5 Å². The summed E-state index contributed by atoms with van der Waals surface area (Å²) in [5.41, 5.74) is 0.900. The standard InChI is InChI=1S/C31H42O8/c1-3-5-7-9-11-13-29(35)37-26-16-15-21(17-28(26)38-30(36)14-12-10-8-6-4-2)31-25(34)20-23-24(33)18-22(32)19-27(23)39-31/h15-19,25,31-34H,3-14,20H2,1-2H3. The molecule has 1 heterocycles. The predicted molar refractivity (Wildman–Crippen MR) is 147 cm³/mol. The van der Waals surface area contributed by atoms with Gasteiger partial charge in [0.05, 0.1) is 6.10 Å². The molecule has 3 N–H and O–H groups in total. The second-order valence-electron chi connectivity index (χ2n) is 10.2. The molecule has 0 saturated heterocycles. The van der Waals surface area contributed by atoms with Crippen molar-refractivity contribution < 1.29 is 39.1 Å². The van der Waals surface area contributed by atoms with Crippen LogP contribution in [0, 0.1) is 0 Å². The Labute approximate surface area is 230 Å². The number of phenolic OH excluding ortho intramolecular Hbond substituents is 2. The fourth-order valence-electron chi connectivity index (χ4n) is 4.71. The number of carbonyl (C=O) groups is 2. The largest absolute Gasteiger partial charge is 0.508 e. The van der Waals surface area contributed by atoms with Gasteiger partial charge >= 0.3 is 11.9 Å². The molecule has 2 atom stereocenters. The van der Waals surface area contributed by atoms with Crippen molar-refractivity contribution in [2.45, 2.75) is 110 Å². The lowest BCUT2D eigenvalue weighted by molar-refractivity contribution is -0.137. The SMILES string of the molecule is CCCCCCCC(=O)Oc1ccc(C2Oc3cc(O)cc(O)c3CC2O)cc1OC(=O)CCCCCCC. The minimum atomic E-state index is -1.01. The normalized spacial score (nSPS) is 16.3. The highest BCUT2D eigenvalue weighted by molar-refractivity contribution is 5.76. The van der Waals surface area contributed by atoms with Crippen LogP contribution < -0.4 is 14.2 Å². The van der Waals surface area contributed by atoms with Crippen molar-refractivity contribution in [2.75, 3.05) is 0 Å². The maximum atomic E-state index is 12.6. The van der Waals surface area contributed by atoms with E-state index in [1.807, 2.05) is 0 Å². The summed E-state index contributed by atoms with van der Waals surface area (Å²) in [4.78, 5) is 25.2. The fourth-order valence-corrected chi connectivity index (χ4v) is 4.71. The van der Waals surface area contributed by atoms with Crippen molar-refractivity contribution in [1.29, 1.82) is 0 Å². The zero-order valence-electron chi connectivity index (χ0n) is 23.1. The van der Waals surface area contributed by atoms with E-state index in [4.69, 9.17) is 14.2 Å². The van der Waals surface area contributed by atoms with Gasteiger partial charge < -0.3 is 29.5 Å². The summed E-state index contributed by atoms with van der Waals surface area (Å²) in [6.45, 7) is 4.27. The molecule has 1 aliphatic rings. The molecule has 3 rings (SSSR count). The van der Waals surface area contributed by atoms with Crippen LogP contribution in [-0.4, -0.2) is 33.4 Å². The van der Waals surface area contributed by atoms with Crippen molar-refractivity contribution in [3.05, 3.63) is 41.5 Å². The molecular weight excluding hydrogens is 500 g/mol. The Hall–Kier alpha value is -3.26. The third kappa shape index (κ3) is 9.17. The molecule has 2 aromatic rings. The number of carbonyl (C=O) groups excluding carboxylic acids is 2. The molecule has 0 bridgehead atoms. The Morgan fingerprint density at radius 3 is 2.03 bits per heavy atom. The van der Waals surface area contributed by atoms with Gasteiger partial charge in [0, 0.05) is 37.0 Å². The van der Waals surface area contributed by atoms with Crippen LogP contribution in [0.15, 0.2) is 30.3 Å². The highest BCUT2D eigenvalue weighted by Crippen LogP contribution is 2.43. The van der Waals surface area contributed by atoms with E-state index in [0.29, 0.717) is 17.5 Å². The highest BCUT2D eigenvalue weighted by atomic mass is 16.6. The maximum absolute atomic E-state index is 12.6. The highest BCUT2D eigenvalue weighted by Gasteiger charge is 2.33. The first-order valence-electron chi connectivity index (χ1n) is 14.3. The summed E-state index contributed by atoms with van der Waals surface area (Å²) in [6, 6.07) is 7.31. The minimum Gasteiger partial charge on any atom is -0.508 e. The monoisotopic (exact) mass is 542 g/mol. The third-order valence-electron chi connectivity index (χ3n) is 6.90. The molecule has 1 aliphatic heterocycles. The molecule has 0 amide bonds. The van der Waals surface area contributed by atoms with Crippen molar-refractivity contribution in [3.8, 4) is 28.7 Å². The van der Waals surface area contributed by atoms with Crippen LogP contribution in [0.5, 0.6) is 28.7 Å². The van der Waals surface area contributed by atoms with Gasteiger partial charge in [-0.05, 0) is 30.5 Å². The first kappa shape index (κ1) is 30.3. The number of phenols is 2.